The number of anilines is 1. The number of amides is 1. The summed E-state index contributed by atoms with van der Waals surface area (Å²) in [5.41, 5.74) is 5.94. The predicted molar refractivity (Wildman–Crippen MR) is 82.1 cm³/mol. The van der Waals surface area contributed by atoms with Crippen LogP contribution < -0.4 is 11.1 Å². The maximum Gasteiger partial charge on any atom is 0.270 e. The van der Waals surface area contributed by atoms with Gasteiger partial charge in [-0.15, -0.1) is 0 Å². The third kappa shape index (κ3) is 5.08. The average Bonchev–Trinajstić information content (AvgIpc) is 2.42. The van der Waals surface area contributed by atoms with E-state index in [1.807, 2.05) is 0 Å². The standard InChI is InChI=1S/C13H19N3O3S/c1-20-8-4-2-3-7-15-13(17)11-9-10(16(18)19)5-6-12(11)14/h5-6,9H,2-4,7-8,14H2,1H3,(H,15,17). The molecular weight excluding hydrogens is 278 g/mol. The summed E-state index contributed by atoms with van der Waals surface area (Å²) in [6, 6.07) is 3.87. The Bertz CT molecular complexity index is 480. The quantitative estimate of drug-likeness (QED) is 0.332. The van der Waals surface area contributed by atoms with Gasteiger partial charge in [0.25, 0.3) is 11.6 Å². The molecule has 1 aromatic carbocycles. The molecular formula is C13H19N3O3S. The van der Waals surface area contributed by atoms with Gasteiger partial charge in [-0.3, -0.25) is 14.9 Å². The Morgan fingerprint density at radius 3 is 2.80 bits per heavy atom. The zero-order valence-corrected chi connectivity index (χ0v) is 12.2. The van der Waals surface area contributed by atoms with Gasteiger partial charge in [0.2, 0.25) is 0 Å². The Morgan fingerprint density at radius 2 is 2.15 bits per heavy atom. The molecule has 0 saturated carbocycles. The number of carbonyl (C=O) groups is 1. The first-order valence-corrected chi connectivity index (χ1v) is 7.76. The summed E-state index contributed by atoms with van der Waals surface area (Å²) >= 11 is 1.80. The molecule has 6 nitrogen and oxygen atoms in total. The third-order valence-electron chi connectivity index (χ3n) is 2.80. The lowest BCUT2D eigenvalue weighted by atomic mass is 10.1. The number of unbranched alkanes of at least 4 members (excludes halogenated alkanes) is 2. The van der Waals surface area contributed by atoms with Crippen LogP contribution in [0.4, 0.5) is 11.4 Å². The van der Waals surface area contributed by atoms with E-state index in [1.165, 1.54) is 18.2 Å². The Kier molecular flexibility index (Phi) is 6.86. The number of nitro benzene ring substituents is 1. The van der Waals surface area contributed by atoms with Crippen LogP contribution >= 0.6 is 11.8 Å². The highest BCUT2D eigenvalue weighted by Gasteiger charge is 2.14. The van der Waals surface area contributed by atoms with Crippen molar-refractivity contribution in [1.82, 2.24) is 5.32 Å². The van der Waals surface area contributed by atoms with Crippen molar-refractivity contribution < 1.29 is 9.72 Å². The summed E-state index contributed by atoms with van der Waals surface area (Å²) in [6.07, 6.45) is 5.12. The Hall–Kier alpha value is -1.76. The molecule has 1 rings (SSSR count). The highest BCUT2D eigenvalue weighted by atomic mass is 32.2. The van der Waals surface area contributed by atoms with Crippen molar-refractivity contribution in [1.29, 1.82) is 0 Å². The summed E-state index contributed by atoms with van der Waals surface area (Å²) < 4.78 is 0. The van der Waals surface area contributed by atoms with Crippen molar-refractivity contribution in [2.75, 3.05) is 24.3 Å². The number of thioether (sulfide) groups is 1. The van der Waals surface area contributed by atoms with Gasteiger partial charge in [0, 0.05) is 24.4 Å². The van der Waals surface area contributed by atoms with Gasteiger partial charge in [-0.05, 0) is 30.9 Å². The van der Waals surface area contributed by atoms with E-state index in [-0.39, 0.29) is 22.8 Å². The number of nitrogens with one attached hydrogen (secondary N) is 1. The largest absolute Gasteiger partial charge is 0.398 e. The number of nitrogen functional groups attached to an aromatic ring is 1. The van der Waals surface area contributed by atoms with Crippen LogP contribution in [0.2, 0.25) is 0 Å². The summed E-state index contributed by atoms with van der Waals surface area (Å²) in [6.45, 7) is 0.551. The van der Waals surface area contributed by atoms with Crippen LogP contribution in [0, 0.1) is 10.1 Å². The molecule has 7 heteroatoms. The zero-order chi connectivity index (χ0) is 15.0. The molecule has 3 N–H and O–H groups in total. The number of hydrogen-bond acceptors (Lipinski definition) is 5. The van der Waals surface area contributed by atoms with Gasteiger partial charge >= 0.3 is 0 Å². The molecule has 1 amide bonds. The Labute approximate surface area is 122 Å². The van der Waals surface area contributed by atoms with Gasteiger partial charge in [-0.1, -0.05) is 6.42 Å². The monoisotopic (exact) mass is 297 g/mol. The Morgan fingerprint density at radius 1 is 1.40 bits per heavy atom. The number of nitro groups is 1. The van der Waals surface area contributed by atoms with E-state index >= 15 is 0 Å². The first-order valence-electron chi connectivity index (χ1n) is 6.37. The molecule has 0 unspecified atom stereocenters. The SMILES string of the molecule is CSCCCCCNC(=O)c1cc([N+](=O)[O-])ccc1N. The number of nitrogens with two attached hydrogens (primary N) is 1. The van der Waals surface area contributed by atoms with Crippen molar-refractivity contribution in [3.05, 3.63) is 33.9 Å². The van der Waals surface area contributed by atoms with E-state index in [9.17, 15) is 14.9 Å². The maximum absolute atomic E-state index is 11.9. The predicted octanol–water partition coefficient (Wildman–Crippen LogP) is 2.44. The number of rotatable bonds is 8. The molecule has 0 aliphatic rings. The van der Waals surface area contributed by atoms with Crippen LogP contribution in [0.5, 0.6) is 0 Å². The number of benzene rings is 1. The number of carbonyl (C=O) groups excluding carboxylic acids is 1. The topological polar surface area (TPSA) is 98.3 Å². The fourth-order valence-electron chi connectivity index (χ4n) is 1.70. The molecule has 0 spiro atoms. The van der Waals surface area contributed by atoms with Crippen LogP contribution in [-0.4, -0.2) is 29.4 Å². The average molecular weight is 297 g/mol. The van der Waals surface area contributed by atoms with Crippen LogP contribution in [0.1, 0.15) is 29.6 Å². The maximum atomic E-state index is 11.9. The van der Waals surface area contributed by atoms with Crippen molar-refractivity contribution in [2.24, 2.45) is 0 Å². The normalized spacial score (nSPS) is 10.2. The fraction of sp³-hybridized carbons (Fsp3) is 0.462. The minimum atomic E-state index is -0.543. The summed E-state index contributed by atoms with van der Waals surface area (Å²) in [5.74, 6) is 0.752. The van der Waals surface area contributed by atoms with Crippen molar-refractivity contribution >= 4 is 29.0 Å². The molecule has 0 bridgehead atoms. The number of non-ortho nitro benzene ring substituents is 1. The molecule has 0 atom stereocenters. The summed E-state index contributed by atoms with van der Waals surface area (Å²) in [4.78, 5) is 22.0. The number of nitrogens with zero attached hydrogens (tertiary/aromatic N) is 1. The minimum Gasteiger partial charge on any atom is -0.398 e. The van der Waals surface area contributed by atoms with Crippen molar-refractivity contribution in [3.8, 4) is 0 Å². The molecule has 0 aliphatic heterocycles. The molecule has 0 fully saturated rings. The third-order valence-corrected chi connectivity index (χ3v) is 3.50. The van der Waals surface area contributed by atoms with Crippen LogP contribution in [0.15, 0.2) is 18.2 Å². The van der Waals surface area contributed by atoms with E-state index in [0.717, 1.165) is 25.0 Å². The van der Waals surface area contributed by atoms with Gasteiger partial charge < -0.3 is 11.1 Å². The molecule has 0 radical (unpaired) electrons. The first-order chi connectivity index (χ1) is 9.56. The van der Waals surface area contributed by atoms with E-state index < -0.39 is 4.92 Å². The summed E-state index contributed by atoms with van der Waals surface area (Å²) in [5, 5.41) is 13.4. The second kappa shape index (κ2) is 8.42. The molecule has 1 aromatic rings. The lowest BCUT2D eigenvalue weighted by Gasteiger charge is -2.07. The van der Waals surface area contributed by atoms with Gasteiger partial charge in [0.1, 0.15) is 0 Å². The summed E-state index contributed by atoms with van der Waals surface area (Å²) in [7, 11) is 0. The highest BCUT2D eigenvalue weighted by Crippen LogP contribution is 2.19. The molecule has 0 heterocycles. The zero-order valence-electron chi connectivity index (χ0n) is 11.4. The second-order valence-corrected chi connectivity index (χ2v) is 5.32. The molecule has 20 heavy (non-hydrogen) atoms. The smallest absolute Gasteiger partial charge is 0.270 e. The van der Waals surface area contributed by atoms with Crippen LogP contribution in [0.25, 0.3) is 0 Å². The van der Waals surface area contributed by atoms with Gasteiger partial charge in [-0.2, -0.15) is 11.8 Å². The minimum absolute atomic E-state index is 0.135. The van der Waals surface area contributed by atoms with Crippen molar-refractivity contribution in [3.63, 3.8) is 0 Å². The van der Waals surface area contributed by atoms with E-state index in [2.05, 4.69) is 11.6 Å². The van der Waals surface area contributed by atoms with Crippen LogP contribution in [0.3, 0.4) is 0 Å². The first kappa shape index (κ1) is 16.3. The van der Waals surface area contributed by atoms with Gasteiger partial charge in [0.15, 0.2) is 0 Å². The van der Waals surface area contributed by atoms with E-state index in [0.29, 0.717) is 6.54 Å². The van der Waals surface area contributed by atoms with Gasteiger partial charge in [0.05, 0.1) is 10.5 Å². The Balaban J connectivity index is 2.50. The molecule has 0 aromatic heterocycles. The molecule has 0 saturated heterocycles. The van der Waals surface area contributed by atoms with Crippen LogP contribution in [-0.2, 0) is 0 Å². The second-order valence-electron chi connectivity index (χ2n) is 4.34. The molecule has 110 valence electrons. The fourth-order valence-corrected chi connectivity index (χ4v) is 2.19. The lowest BCUT2D eigenvalue weighted by Crippen LogP contribution is -2.25. The van der Waals surface area contributed by atoms with Gasteiger partial charge in [-0.25, -0.2) is 0 Å². The lowest BCUT2D eigenvalue weighted by molar-refractivity contribution is -0.384. The van der Waals surface area contributed by atoms with E-state index in [4.69, 9.17) is 5.73 Å². The van der Waals surface area contributed by atoms with E-state index in [1.54, 1.807) is 11.8 Å². The van der Waals surface area contributed by atoms with Crippen molar-refractivity contribution in [2.45, 2.75) is 19.3 Å². The molecule has 0 aliphatic carbocycles. The highest BCUT2D eigenvalue weighted by molar-refractivity contribution is 7.98. The number of hydrogen-bond donors (Lipinski definition) is 2.